The van der Waals surface area contributed by atoms with Crippen LogP contribution in [0.3, 0.4) is 0 Å². The third-order valence-corrected chi connectivity index (χ3v) is 3.44. The zero-order valence-electron chi connectivity index (χ0n) is 12.7. The molecule has 0 aliphatic heterocycles. The fourth-order valence-corrected chi connectivity index (χ4v) is 2.45. The van der Waals surface area contributed by atoms with Gasteiger partial charge in [-0.2, -0.15) is 0 Å². The number of anilines is 1. The molecule has 0 bridgehead atoms. The van der Waals surface area contributed by atoms with Gasteiger partial charge in [-0.15, -0.1) is 0 Å². The lowest BCUT2D eigenvalue weighted by molar-refractivity contribution is 0.340. The highest BCUT2D eigenvalue weighted by atomic mass is 16.5. The van der Waals surface area contributed by atoms with Crippen molar-refractivity contribution in [1.82, 2.24) is 0 Å². The van der Waals surface area contributed by atoms with Crippen LogP contribution in [0.2, 0.25) is 0 Å². The Morgan fingerprint density at radius 1 is 1.05 bits per heavy atom. The van der Waals surface area contributed by atoms with E-state index in [4.69, 9.17) is 4.74 Å². The van der Waals surface area contributed by atoms with E-state index < -0.39 is 0 Å². The maximum absolute atomic E-state index is 5.45. The van der Waals surface area contributed by atoms with Crippen LogP contribution in [0.5, 0.6) is 5.75 Å². The topological polar surface area (TPSA) is 21.3 Å². The number of benzene rings is 2. The minimum atomic E-state index is 0.286. The maximum atomic E-state index is 5.45. The highest BCUT2D eigenvalue weighted by Gasteiger charge is 2.08. The van der Waals surface area contributed by atoms with Crippen LogP contribution in [0.4, 0.5) is 5.69 Å². The third kappa shape index (κ3) is 3.53. The van der Waals surface area contributed by atoms with Crippen molar-refractivity contribution < 1.29 is 4.74 Å². The van der Waals surface area contributed by atoms with Crippen molar-refractivity contribution in [2.24, 2.45) is 0 Å². The van der Waals surface area contributed by atoms with E-state index in [1.54, 1.807) is 0 Å². The Morgan fingerprint density at radius 3 is 2.35 bits per heavy atom. The molecule has 0 saturated heterocycles. The van der Waals surface area contributed by atoms with Crippen LogP contribution in [0, 0.1) is 13.8 Å². The molecule has 0 spiro atoms. The molecular formula is C18H23NO. The molecule has 0 aliphatic carbocycles. The molecule has 0 saturated carbocycles. The average Bonchev–Trinajstić information content (AvgIpc) is 2.41. The SMILES string of the molecule is CCOc1ccc(NC(C)c2ccc(C)cc2C)cc1. The number of aryl methyl sites for hydroxylation is 2. The van der Waals surface area contributed by atoms with Gasteiger partial charge in [-0.1, -0.05) is 23.8 Å². The lowest BCUT2D eigenvalue weighted by Gasteiger charge is -2.18. The van der Waals surface area contributed by atoms with Crippen molar-refractivity contribution in [1.29, 1.82) is 0 Å². The monoisotopic (exact) mass is 269 g/mol. The Labute approximate surface area is 121 Å². The summed E-state index contributed by atoms with van der Waals surface area (Å²) in [6.07, 6.45) is 0. The van der Waals surface area contributed by atoms with E-state index in [0.29, 0.717) is 6.61 Å². The molecule has 2 aromatic carbocycles. The van der Waals surface area contributed by atoms with E-state index in [-0.39, 0.29) is 6.04 Å². The van der Waals surface area contributed by atoms with Gasteiger partial charge in [0, 0.05) is 11.7 Å². The molecule has 106 valence electrons. The summed E-state index contributed by atoms with van der Waals surface area (Å²) in [4.78, 5) is 0. The van der Waals surface area contributed by atoms with Gasteiger partial charge < -0.3 is 10.1 Å². The molecule has 0 amide bonds. The summed E-state index contributed by atoms with van der Waals surface area (Å²) in [6.45, 7) is 9.17. The molecule has 2 aromatic rings. The first-order valence-electron chi connectivity index (χ1n) is 7.16. The van der Waals surface area contributed by atoms with Crippen molar-refractivity contribution >= 4 is 5.69 Å². The number of rotatable bonds is 5. The van der Waals surface area contributed by atoms with Gasteiger partial charge in [-0.05, 0) is 63.1 Å². The van der Waals surface area contributed by atoms with Crippen LogP contribution in [0.25, 0.3) is 0 Å². The van der Waals surface area contributed by atoms with Gasteiger partial charge in [0.15, 0.2) is 0 Å². The predicted molar refractivity (Wildman–Crippen MR) is 85.6 cm³/mol. The van der Waals surface area contributed by atoms with Gasteiger partial charge in [0.1, 0.15) is 5.75 Å². The third-order valence-electron chi connectivity index (χ3n) is 3.44. The van der Waals surface area contributed by atoms with Gasteiger partial charge in [-0.3, -0.25) is 0 Å². The normalized spacial score (nSPS) is 12.0. The zero-order chi connectivity index (χ0) is 14.5. The largest absolute Gasteiger partial charge is 0.494 e. The van der Waals surface area contributed by atoms with Crippen LogP contribution in [-0.2, 0) is 0 Å². The van der Waals surface area contributed by atoms with Gasteiger partial charge in [0.2, 0.25) is 0 Å². The highest BCUT2D eigenvalue weighted by molar-refractivity contribution is 5.49. The molecule has 0 radical (unpaired) electrons. The molecule has 1 unspecified atom stereocenters. The lowest BCUT2D eigenvalue weighted by Crippen LogP contribution is -2.08. The number of ether oxygens (including phenoxy) is 1. The molecule has 0 aliphatic rings. The second-order valence-electron chi connectivity index (χ2n) is 5.18. The molecule has 2 nitrogen and oxygen atoms in total. The second-order valence-corrected chi connectivity index (χ2v) is 5.18. The molecule has 2 rings (SSSR count). The highest BCUT2D eigenvalue weighted by Crippen LogP contribution is 2.24. The van der Waals surface area contributed by atoms with Crippen molar-refractivity contribution in [3.63, 3.8) is 0 Å². The van der Waals surface area contributed by atoms with Crippen LogP contribution in [-0.4, -0.2) is 6.61 Å². The Bertz CT molecular complexity index is 560. The quantitative estimate of drug-likeness (QED) is 0.835. The van der Waals surface area contributed by atoms with E-state index in [1.807, 2.05) is 19.1 Å². The van der Waals surface area contributed by atoms with E-state index in [1.165, 1.54) is 16.7 Å². The summed E-state index contributed by atoms with van der Waals surface area (Å²) in [6, 6.07) is 15.0. The van der Waals surface area contributed by atoms with Crippen LogP contribution in [0.15, 0.2) is 42.5 Å². The Balaban J connectivity index is 2.08. The first kappa shape index (κ1) is 14.4. The summed E-state index contributed by atoms with van der Waals surface area (Å²) < 4.78 is 5.45. The average molecular weight is 269 g/mol. The molecule has 0 aromatic heterocycles. The van der Waals surface area contributed by atoms with Gasteiger partial charge in [0.25, 0.3) is 0 Å². The van der Waals surface area contributed by atoms with E-state index in [0.717, 1.165) is 11.4 Å². The van der Waals surface area contributed by atoms with Gasteiger partial charge >= 0.3 is 0 Å². The minimum Gasteiger partial charge on any atom is -0.494 e. The number of nitrogens with one attached hydrogen (secondary N) is 1. The molecule has 1 N–H and O–H groups in total. The summed E-state index contributed by atoms with van der Waals surface area (Å²) in [5.41, 5.74) is 5.08. The first-order valence-corrected chi connectivity index (χ1v) is 7.16. The Hall–Kier alpha value is -1.96. The van der Waals surface area contributed by atoms with E-state index >= 15 is 0 Å². The fraction of sp³-hybridized carbons (Fsp3) is 0.333. The predicted octanol–water partition coefficient (Wildman–Crippen LogP) is 4.88. The zero-order valence-corrected chi connectivity index (χ0v) is 12.7. The van der Waals surface area contributed by atoms with Crippen molar-refractivity contribution in [2.75, 3.05) is 11.9 Å². The molecule has 20 heavy (non-hydrogen) atoms. The van der Waals surface area contributed by atoms with Crippen molar-refractivity contribution in [3.8, 4) is 5.75 Å². The first-order chi connectivity index (χ1) is 9.60. The smallest absolute Gasteiger partial charge is 0.119 e. The van der Waals surface area contributed by atoms with Crippen molar-refractivity contribution in [2.45, 2.75) is 33.7 Å². The fourth-order valence-electron chi connectivity index (χ4n) is 2.45. The number of hydrogen-bond acceptors (Lipinski definition) is 2. The Kier molecular flexibility index (Phi) is 4.67. The molecule has 0 heterocycles. The molecule has 1 atom stereocenters. The second kappa shape index (κ2) is 6.47. The molecule has 2 heteroatoms. The summed E-state index contributed by atoms with van der Waals surface area (Å²) in [5.74, 6) is 0.914. The van der Waals surface area contributed by atoms with Crippen molar-refractivity contribution in [3.05, 3.63) is 59.2 Å². The molecular weight excluding hydrogens is 246 g/mol. The Morgan fingerprint density at radius 2 is 1.75 bits per heavy atom. The van der Waals surface area contributed by atoms with Crippen LogP contribution in [0.1, 0.15) is 36.6 Å². The molecule has 0 fully saturated rings. The lowest BCUT2D eigenvalue weighted by atomic mass is 10.00. The van der Waals surface area contributed by atoms with E-state index in [9.17, 15) is 0 Å². The minimum absolute atomic E-state index is 0.286. The van der Waals surface area contributed by atoms with E-state index in [2.05, 4.69) is 56.4 Å². The summed E-state index contributed by atoms with van der Waals surface area (Å²) in [5, 5.41) is 3.53. The number of hydrogen-bond donors (Lipinski definition) is 1. The van der Waals surface area contributed by atoms with Gasteiger partial charge in [0.05, 0.1) is 6.61 Å². The van der Waals surface area contributed by atoms with Crippen LogP contribution < -0.4 is 10.1 Å². The maximum Gasteiger partial charge on any atom is 0.119 e. The summed E-state index contributed by atoms with van der Waals surface area (Å²) >= 11 is 0. The van der Waals surface area contributed by atoms with Crippen LogP contribution >= 0.6 is 0 Å². The van der Waals surface area contributed by atoms with Gasteiger partial charge in [-0.25, -0.2) is 0 Å². The summed E-state index contributed by atoms with van der Waals surface area (Å²) in [7, 11) is 0. The standard InChI is InChI=1S/C18H23NO/c1-5-20-17-9-7-16(8-10-17)19-15(4)18-11-6-13(2)12-14(18)3/h6-12,15,19H,5H2,1-4H3.